The highest BCUT2D eigenvalue weighted by Crippen LogP contribution is 2.22. The van der Waals surface area contributed by atoms with Crippen LogP contribution in [0.3, 0.4) is 0 Å². The number of para-hydroxylation sites is 1. The maximum absolute atomic E-state index is 11.9. The number of amides is 1. The summed E-state index contributed by atoms with van der Waals surface area (Å²) in [6.07, 6.45) is 0.869. The lowest BCUT2D eigenvalue weighted by atomic mass is 10.2. The second kappa shape index (κ2) is 9.16. The lowest BCUT2D eigenvalue weighted by Crippen LogP contribution is -2.39. The molecule has 0 spiro atoms. The van der Waals surface area contributed by atoms with Gasteiger partial charge in [0.15, 0.2) is 0 Å². The van der Waals surface area contributed by atoms with E-state index in [0.717, 1.165) is 10.9 Å². The number of esters is 1. The molecular formula is C19H25N3O5. The molecule has 0 bridgehead atoms. The van der Waals surface area contributed by atoms with Crippen molar-refractivity contribution in [3.63, 3.8) is 0 Å². The zero-order valence-corrected chi connectivity index (χ0v) is 16.0. The van der Waals surface area contributed by atoms with E-state index < -0.39 is 17.8 Å². The lowest BCUT2D eigenvalue weighted by Gasteiger charge is -2.22. The number of rotatable bonds is 7. The normalized spacial score (nSPS) is 12.3. The number of nitrogens with one attached hydrogen (secondary N) is 1. The molecule has 0 unspecified atom stereocenters. The smallest absolute Gasteiger partial charge is 0.407 e. The molecule has 8 heteroatoms. The SMILES string of the molecule is COC(=O)CC[C@H](CNC(=O)OC(C)(C)C)Oc1ncnc2ccccc12. The Morgan fingerprint density at radius 2 is 1.93 bits per heavy atom. The van der Waals surface area contributed by atoms with E-state index in [0.29, 0.717) is 12.3 Å². The number of carbonyl (C=O) groups is 2. The Labute approximate surface area is 158 Å². The first-order chi connectivity index (χ1) is 12.8. The summed E-state index contributed by atoms with van der Waals surface area (Å²) < 4.78 is 15.9. The predicted molar refractivity (Wildman–Crippen MR) is 99.4 cm³/mol. The number of nitrogens with zero attached hydrogens (tertiary/aromatic N) is 2. The van der Waals surface area contributed by atoms with Gasteiger partial charge >= 0.3 is 12.1 Å². The van der Waals surface area contributed by atoms with Gasteiger partial charge in [-0.05, 0) is 39.3 Å². The van der Waals surface area contributed by atoms with Crippen molar-refractivity contribution in [2.45, 2.75) is 45.3 Å². The zero-order chi connectivity index (χ0) is 19.9. The molecule has 0 saturated heterocycles. The second-order valence-corrected chi connectivity index (χ2v) is 6.93. The number of aromatic nitrogens is 2. The van der Waals surface area contributed by atoms with E-state index >= 15 is 0 Å². The fraction of sp³-hybridized carbons (Fsp3) is 0.474. The number of fused-ring (bicyclic) bond motifs is 1. The summed E-state index contributed by atoms with van der Waals surface area (Å²) in [5.41, 5.74) is 0.143. The van der Waals surface area contributed by atoms with Crippen LogP contribution in [0.4, 0.5) is 4.79 Å². The van der Waals surface area contributed by atoms with Crippen LogP contribution in [0.15, 0.2) is 30.6 Å². The molecule has 1 amide bonds. The monoisotopic (exact) mass is 375 g/mol. The molecule has 1 heterocycles. The van der Waals surface area contributed by atoms with Crippen LogP contribution in [-0.2, 0) is 14.3 Å². The van der Waals surface area contributed by atoms with E-state index in [4.69, 9.17) is 9.47 Å². The van der Waals surface area contributed by atoms with Crippen molar-refractivity contribution in [2.24, 2.45) is 0 Å². The van der Waals surface area contributed by atoms with Gasteiger partial charge in [-0.25, -0.2) is 14.8 Å². The van der Waals surface area contributed by atoms with Gasteiger partial charge in [0.1, 0.15) is 18.0 Å². The highest BCUT2D eigenvalue weighted by molar-refractivity contribution is 5.83. The molecule has 146 valence electrons. The third-order valence-electron chi connectivity index (χ3n) is 3.56. The van der Waals surface area contributed by atoms with Crippen LogP contribution in [0.2, 0.25) is 0 Å². The molecule has 0 aliphatic rings. The average molecular weight is 375 g/mol. The van der Waals surface area contributed by atoms with E-state index in [1.54, 1.807) is 20.8 Å². The minimum absolute atomic E-state index is 0.153. The third kappa shape index (κ3) is 6.73. The fourth-order valence-electron chi connectivity index (χ4n) is 2.33. The van der Waals surface area contributed by atoms with Crippen LogP contribution in [0, 0.1) is 0 Å². The molecular weight excluding hydrogens is 350 g/mol. The summed E-state index contributed by atoms with van der Waals surface area (Å²) in [5, 5.41) is 3.42. The van der Waals surface area contributed by atoms with E-state index in [-0.39, 0.29) is 18.9 Å². The maximum atomic E-state index is 11.9. The average Bonchev–Trinajstić information content (AvgIpc) is 2.62. The standard InChI is InChI=1S/C19H25N3O5/c1-19(2,3)27-18(24)20-11-13(9-10-16(23)25-4)26-17-14-7-5-6-8-15(14)21-12-22-17/h5-8,12-13H,9-11H2,1-4H3,(H,20,24)/t13-/m1/s1. The number of alkyl carbamates (subject to hydrolysis) is 1. The van der Waals surface area contributed by atoms with Crippen molar-refractivity contribution in [3.05, 3.63) is 30.6 Å². The summed E-state index contributed by atoms with van der Waals surface area (Å²) in [7, 11) is 1.33. The Kier molecular flexibility index (Phi) is 6.92. The minimum Gasteiger partial charge on any atom is -0.472 e. The molecule has 2 rings (SSSR count). The molecule has 0 aliphatic heterocycles. The molecule has 0 fully saturated rings. The summed E-state index contributed by atoms with van der Waals surface area (Å²) in [6, 6.07) is 7.44. The van der Waals surface area contributed by atoms with Crippen LogP contribution in [0.25, 0.3) is 10.9 Å². The lowest BCUT2D eigenvalue weighted by molar-refractivity contribution is -0.141. The highest BCUT2D eigenvalue weighted by Gasteiger charge is 2.20. The van der Waals surface area contributed by atoms with Crippen molar-refractivity contribution in [2.75, 3.05) is 13.7 Å². The molecule has 1 aromatic heterocycles. The number of hydrogen-bond donors (Lipinski definition) is 1. The number of carbonyl (C=O) groups excluding carboxylic acids is 2. The van der Waals surface area contributed by atoms with Crippen LogP contribution in [0.5, 0.6) is 5.88 Å². The first-order valence-corrected chi connectivity index (χ1v) is 8.68. The molecule has 2 aromatic rings. The van der Waals surface area contributed by atoms with E-state index in [2.05, 4.69) is 20.0 Å². The van der Waals surface area contributed by atoms with Gasteiger partial charge < -0.3 is 19.5 Å². The van der Waals surface area contributed by atoms with Crippen LogP contribution in [0.1, 0.15) is 33.6 Å². The third-order valence-corrected chi connectivity index (χ3v) is 3.56. The van der Waals surface area contributed by atoms with Crippen molar-refractivity contribution in [1.82, 2.24) is 15.3 Å². The Hall–Kier alpha value is -2.90. The fourth-order valence-corrected chi connectivity index (χ4v) is 2.33. The first-order valence-electron chi connectivity index (χ1n) is 8.68. The maximum Gasteiger partial charge on any atom is 0.407 e. The molecule has 27 heavy (non-hydrogen) atoms. The van der Waals surface area contributed by atoms with Gasteiger partial charge in [0.05, 0.1) is 24.6 Å². The first kappa shape index (κ1) is 20.4. The minimum atomic E-state index is -0.602. The van der Waals surface area contributed by atoms with E-state index in [9.17, 15) is 9.59 Å². The predicted octanol–water partition coefficient (Wildman–Crippen LogP) is 2.86. The summed E-state index contributed by atoms with van der Waals surface area (Å²) in [5.74, 6) is 0.0369. The number of ether oxygens (including phenoxy) is 3. The van der Waals surface area contributed by atoms with Gasteiger partial charge in [0.2, 0.25) is 5.88 Å². The number of hydrogen-bond acceptors (Lipinski definition) is 7. The quantitative estimate of drug-likeness (QED) is 0.743. The molecule has 0 aliphatic carbocycles. The summed E-state index contributed by atoms with van der Waals surface area (Å²) in [6.45, 7) is 5.50. The van der Waals surface area contributed by atoms with Crippen LogP contribution < -0.4 is 10.1 Å². The number of benzene rings is 1. The highest BCUT2D eigenvalue weighted by atomic mass is 16.6. The molecule has 1 atom stereocenters. The second-order valence-electron chi connectivity index (χ2n) is 6.93. The van der Waals surface area contributed by atoms with Crippen LogP contribution >= 0.6 is 0 Å². The molecule has 8 nitrogen and oxygen atoms in total. The van der Waals surface area contributed by atoms with Gasteiger partial charge in [-0.15, -0.1) is 0 Å². The summed E-state index contributed by atoms with van der Waals surface area (Å²) in [4.78, 5) is 31.8. The van der Waals surface area contributed by atoms with Crippen molar-refractivity contribution in [3.8, 4) is 5.88 Å². The van der Waals surface area contributed by atoms with Crippen molar-refractivity contribution < 1.29 is 23.8 Å². The van der Waals surface area contributed by atoms with E-state index in [1.165, 1.54) is 13.4 Å². The van der Waals surface area contributed by atoms with Gasteiger partial charge in [0.25, 0.3) is 0 Å². The van der Waals surface area contributed by atoms with E-state index in [1.807, 2.05) is 24.3 Å². The molecule has 1 N–H and O–H groups in total. The summed E-state index contributed by atoms with van der Waals surface area (Å²) >= 11 is 0. The zero-order valence-electron chi connectivity index (χ0n) is 16.0. The Balaban J connectivity index is 2.09. The topological polar surface area (TPSA) is 99.6 Å². The Morgan fingerprint density at radius 1 is 1.19 bits per heavy atom. The van der Waals surface area contributed by atoms with Gasteiger partial charge in [0, 0.05) is 6.42 Å². The van der Waals surface area contributed by atoms with Crippen molar-refractivity contribution >= 4 is 23.0 Å². The van der Waals surface area contributed by atoms with Crippen molar-refractivity contribution in [1.29, 1.82) is 0 Å². The largest absolute Gasteiger partial charge is 0.472 e. The molecule has 0 radical (unpaired) electrons. The molecule has 1 aromatic carbocycles. The Morgan fingerprint density at radius 3 is 2.63 bits per heavy atom. The number of methoxy groups -OCH3 is 1. The Bertz CT molecular complexity index is 783. The van der Waals surface area contributed by atoms with Gasteiger partial charge in [-0.2, -0.15) is 0 Å². The van der Waals surface area contributed by atoms with Gasteiger partial charge in [-0.3, -0.25) is 4.79 Å². The van der Waals surface area contributed by atoms with Gasteiger partial charge in [-0.1, -0.05) is 12.1 Å². The van der Waals surface area contributed by atoms with Crippen LogP contribution in [-0.4, -0.2) is 47.4 Å². The molecule has 0 saturated carbocycles.